The third kappa shape index (κ3) is 3.11. The fraction of sp³-hybridized carbons (Fsp3) is 0.333. The second kappa shape index (κ2) is 5.72. The van der Waals surface area contributed by atoms with E-state index in [0.29, 0.717) is 5.56 Å². The highest BCUT2D eigenvalue weighted by molar-refractivity contribution is 5.85. The van der Waals surface area contributed by atoms with E-state index in [0.717, 1.165) is 6.07 Å². The lowest BCUT2D eigenvalue weighted by Gasteiger charge is -2.10. The highest BCUT2D eigenvalue weighted by Crippen LogP contribution is 2.25. The third-order valence-electron chi connectivity index (χ3n) is 2.09. The van der Waals surface area contributed by atoms with Gasteiger partial charge >= 0.3 is 0 Å². The molecule has 0 radical (unpaired) electrons. The lowest BCUT2D eigenvalue weighted by Crippen LogP contribution is -2.19. The fourth-order valence-corrected chi connectivity index (χ4v) is 1.18. The average molecular weight is 253 g/mol. The first-order valence-corrected chi connectivity index (χ1v) is 4.22. The number of nitrogens with two attached hydrogens (primary N) is 1. The van der Waals surface area contributed by atoms with Crippen molar-refractivity contribution in [3.05, 3.63) is 39.4 Å². The minimum atomic E-state index is -2.73. The van der Waals surface area contributed by atoms with Crippen LogP contribution >= 0.6 is 12.4 Å². The summed E-state index contributed by atoms with van der Waals surface area (Å²) in [5.74, 6) is 0. The summed E-state index contributed by atoms with van der Waals surface area (Å²) in [6.07, 6.45) is -2.73. The van der Waals surface area contributed by atoms with E-state index in [2.05, 4.69) is 0 Å². The highest BCUT2D eigenvalue weighted by Gasteiger charge is 2.20. The minimum Gasteiger partial charge on any atom is -0.319 e. The second-order valence-corrected chi connectivity index (χ2v) is 3.16. The fourth-order valence-electron chi connectivity index (χ4n) is 1.18. The van der Waals surface area contributed by atoms with Gasteiger partial charge in [0.1, 0.15) is 0 Å². The van der Waals surface area contributed by atoms with Gasteiger partial charge in [0, 0.05) is 11.6 Å². The zero-order valence-electron chi connectivity index (χ0n) is 8.39. The molecule has 1 aromatic carbocycles. The van der Waals surface area contributed by atoms with Crippen LogP contribution in [0.5, 0.6) is 0 Å². The van der Waals surface area contributed by atoms with Crippen molar-refractivity contribution in [2.75, 3.05) is 0 Å². The molecule has 0 saturated carbocycles. The van der Waals surface area contributed by atoms with E-state index in [1.54, 1.807) is 0 Å². The van der Waals surface area contributed by atoms with E-state index < -0.39 is 17.4 Å². The summed E-state index contributed by atoms with van der Waals surface area (Å²) in [6.45, 7) is 1.54. The van der Waals surface area contributed by atoms with Crippen LogP contribution in [0.3, 0.4) is 0 Å². The summed E-state index contributed by atoms with van der Waals surface area (Å²) in [4.78, 5) is 9.93. The molecule has 0 aliphatic heterocycles. The number of nitro groups is 1. The maximum atomic E-state index is 12.3. The number of halogens is 3. The van der Waals surface area contributed by atoms with Crippen molar-refractivity contribution in [3.63, 3.8) is 0 Å². The van der Waals surface area contributed by atoms with Crippen molar-refractivity contribution in [1.29, 1.82) is 0 Å². The van der Waals surface area contributed by atoms with E-state index >= 15 is 0 Å². The molecule has 2 N–H and O–H groups in total. The predicted molar refractivity (Wildman–Crippen MR) is 58.0 cm³/mol. The zero-order chi connectivity index (χ0) is 11.6. The van der Waals surface area contributed by atoms with Crippen molar-refractivity contribution >= 4 is 18.1 Å². The molecule has 16 heavy (non-hydrogen) atoms. The molecule has 0 aromatic heterocycles. The molecule has 0 aliphatic rings. The van der Waals surface area contributed by atoms with Crippen molar-refractivity contribution < 1.29 is 13.7 Å². The van der Waals surface area contributed by atoms with Crippen LogP contribution < -0.4 is 5.73 Å². The Labute approximate surface area is 97.0 Å². The summed E-state index contributed by atoms with van der Waals surface area (Å²) >= 11 is 0. The van der Waals surface area contributed by atoms with Crippen LogP contribution in [0, 0.1) is 17.0 Å². The van der Waals surface area contributed by atoms with Crippen LogP contribution in [-0.4, -0.2) is 11.3 Å². The lowest BCUT2D eigenvalue weighted by atomic mass is 10.0. The Kier molecular flexibility index (Phi) is 5.26. The monoisotopic (exact) mass is 252 g/mol. The highest BCUT2D eigenvalue weighted by atomic mass is 35.5. The van der Waals surface area contributed by atoms with Crippen molar-refractivity contribution in [3.8, 4) is 0 Å². The summed E-state index contributed by atoms with van der Waals surface area (Å²) in [6, 6.07) is 2.39. The Morgan fingerprint density at radius 2 is 2.00 bits per heavy atom. The topological polar surface area (TPSA) is 69.2 Å². The van der Waals surface area contributed by atoms with Gasteiger partial charge in [-0.2, -0.15) is 0 Å². The van der Waals surface area contributed by atoms with Crippen LogP contribution in [-0.2, 0) is 0 Å². The Bertz CT molecular complexity index is 388. The molecular formula is C9H11ClF2N2O2. The van der Waals surface area contributed by atoms with E-state index in [1.807, 2.05) is 0 Å². The quantitative estimate of drug-likeness (QED) is 0.664. The normalized spacial score (nSPS) is 12.1. The van der Waals surface area contributed by atoms with Crippen LogP contribution in [0.2, 0.25) is 0 Å². The molecule has 90 valence electrons. The molecule has 1 rings (SSSR count). The molecule has 0 unspecified atom stereocenters. The Morgan fingerprint density at radius 3 is 2.44 bits per heavy atom. The number of rotatable bonds is 3. The predicted octanol–water partition coefficient (Wildman–Crippen LogP) is 2.59. The molecule has 0 heterocycles. The van der Waals surface area contributed by atoms with Crippen molar-refractivity contribution in [2.45, 2.75) is 19.4 Å². The molecular weight excluding hydrogens is 242 g/mol. The molecule has 0 amide bonds. The third-order valence-corrected chi connectivity index (χ3v) is 2.09. The maximum absolute atomic E-state index is 12.3. The van der Waals surface area contributed by atoms with Crippen molar-refractivity contribution in [2.24, 2.45) is 5.73 Å². The Balaban J connectivity index is 0.00000225. The summed E-state index contributed by atoms with van der Waals surface area (Å²) < 4.78 is 24.5. The molecule has 0 spiro atoms. The van der Waals surface area contributed by atoms with Crippen LogP contribution in [0.1, 0.15) is 17.2 Å². The first-order valence-electron chi connectivity index (χ1n) is 4.22. The van der Waals surface area contributed by atoms with Crippen LogP contribution in [0.15, 0.2) is 18.2 Å². The van der Waals surface area contributed by atoms with Gasteiger partial charge in [0.2, 0.25) is 0 Å². The summed E-state index contributed by atoms with van der Waals surface area (Å²) in [7, 11) is 0. The maximum Gasteiger partial charge on any atom is 0.272 e. The van der Waals surface area contributed by atoms with Gasteiger partial charge in [-0.3, -0.25) is 10.1 Å². The van der Waals surface area contributed by atoms with Gasteiger partial charge in [0.15, 0.2) is 0 Å². The zero-order valence-corrected chi connectivity index (χ0v) is 9.21. The van der Waals surface area contributed by atoms with Crippen LogP contribution in [0.4, 0.5) is 14.5 Å². The SMILES string of the molecule is Cc1ccc([C@H](N)C(F)F)cc1[N+](=O)[O-].Cl. The average Bonchev–Trinajstić information content (AvgIpc) is 2.16. The first kappa shape index (κ1) is 14.7. The number of aryl methyl sites for hydroxylation is 1. The molecule has 0 saturated heterocycles. The first-order chi connectivity index (χ1) is 6.93. The van der Waals surface area contributed by atoms with Gasteiger partial charge in [0.05, 0.1) is 11.0 Å². The van der Waals surface area contributed by atoms with Gasteiger partial charge in [-0.15, -0.1) is 12.4 Å². The molecule has 0 fully saturated rings. The van der Waals surface area contributed by atoms with Gasteiger partial charge in [-0.1, -0.05) is 12.1 Å². The largest absolute Gasteiger partial charge is 0.319 e. The lowest BCUT2D eigenvalue weighted by molar-refractivity contribution is -0.385. The molecule has 4 nitrogen and oxygen atoms in total. The van der Waals surface area contributed by atoms with Gasteiger partial charge in [0.25, 0.3) is 12.1 Å². The number of hydrogen-bond acceptors (Lipinski definition) is 3. The molecule has 1 aromatic rings. The minimum absolute atomic E-state index is 0. The second-order valence-electron chi connectivity index (χ2n) is 3.16. The number of hydrogen-bond donors (Lipinski definition) is 1. The Morgan fingerprint density at radius 1 is 1.44 bits per heavy atom. The number of nitro benzene ring substituents is 1. The van der Waals surface area contributed by atoms with E-state index in [1.165, 1.54) is 19.1 Å². The number of benzene rings is 1. The molecule has 1 atom stereocenters. The molecule has 0 aliphatic carbocycles. The van der Waals surface area contributed by atoms with E-state index in [4.69, 9.17) is 5.73 Å². The molecule has 7 heteroatoms. The molecule has 0 bridgehead atoms. The summed E-state index contributed by atoms with van der Waals surface area (Å²) in [5, 5.41) is 10.5. The Hall–Kier alpha value is -1.27. The van der Waals surface area contributed by atoms with Crippen molar-refractivity contribution in [1.82, 2.24) is 0 Å². The van der Waals surface area contributed by atoms with Gasteiger partial charge < -0.3 is 5.73 Å². The van der Waals surface area contributed by atoms with E-state index in [-0.39, 0.29) is 23.7 Å². The standard InChI is InChI=1S/C9H10F2N2O2.ClH/c1-5-2-3-6(8(12)9(10)11)4-7(5)13(14)15;/h2-4,8-9H,12H2,1H3;1H/t8-;/m0./s1. The van der Waals surface area contributed by atoms with Crippen LogP contribution in [0.25, 0.3) is 0 Å². The van der Waals surface area contributed by atoms with Gasteiger partial charge in [-0.05, 0) is 12.5 Å². The van der Waals surface area contributed by atoms with Gasteiger partial charge in [-0.25, -0.2) is 8.78 Å². The summed E-state index contributed by atoms with van der Waals surface area (Å²) in [5.41, 5.74) is 5.49. The smallest absolute Gasteiger partial charge is 0.272 e. The number of nitrogens with zero attached hydrogens (tertiary/aromatic N) is 1. The number of alkyl halides is 2. The van der Waals surface area contributed by atoms with E-state index in [9.17, 15) is 18.9 Å².